The van der Waals surface area contributed by atoms with Gasteiger partial charge in [-0.05, 0) is 48.9 Å². The molecule has 0 saturated carbocycles. The Bertz CT molecular complexity index is 745. The predicted octanol–water partition coefficient (Wildman–Crippen LogP) is 4.17. The predicted molar refractivity (Wildman–Crippen MR) is 89.6 cm³/mol. The van der Waals surface area contributed by atoms with Crippen LogP contribution in [0.15, 0.2) is 42.5 Å². The molecule has 0 aliphatic carbocycles. The summed E-state index contributed by atoms with van der Waals surface area (Å²) in [5.74, 6) is -0.399. The molecular formula is C18H18F3NO4. The molecular weight excluding hydrogens is 351 g/mol. The quantitative estimate of drug-likeness (QED) is 0.745. The molecule has 1 N–H and O–H groups in total. The molecule has 0 saturated heterocycles. The topological polar surface area (TPSA) is 56.8 Å². The monoisotopic (exact) mass is 369 g/mol. The van der Waals surface area contributed by atoms with Gasteiger partial charge in [0, 0.05) is 12.7 Å². The number of hydrogen-bond acceptors (Lipinski definition) is 4. The molecule has 2 rings (SSSR count). The number of methoxy groups -OCH3 is 1. The zero-order valence-electron chi connectivity index (χ0n) is 14.2. The number of rotatable bonds is 7. The average Bonchev–Trinajstić information content (AvgIpc) is 2.56. The lowest BCUT2D eigenvalue weighted by Gasteiger charge is -2.13. The maximum atomic E-state index is 12.3. The van der Waals surface area contributed by atoms with Crippen LogP contribution in [0.5, 0.6) is 11.5 Å². The van der Waals surface area contributed by atoms with Crippen LogP contribution in [0.4, 0.5) is 18.9 Å². The highest BCUT2D eigenvalue weighted by Crippen LogP contribution is 2.27. The van der Waals surface area contributed by atoms with Crippen molar-refractivity contribution in [1.82, 2.24) is 0 Å². The van der Waals surface area contributed by atoms with Crippen LogP contribution in [0.3, 0.4) is 0 Å². The largest absolute Gasteiger partial charge is 0.573 e. The Morgan fingerprint density at radius 2 is 1.77 bits per heavy atom. The van der Waals surface area contributed by atoms with E-state index in [4.69, 9.17) is 9.47 Å². The number of alkyl halides is 3. The van der Waals surface area contributed by atoms with E-state index < -0.39 is 18.0 Å². The molecule has 0 spiro atoms. The Labute approximate surface area is 148 Å². The molecule has 26 heavy (non-hydrogen) atoms. The van der Waals surface area contributed by atoms with Gasteiger partial charge in [-0.3, -0.25) is 4.79 Å². The summed E-state index contributed by atoms with van der Waals surface area (Å²) in [6, 6.07) is 9.91. The Hall–Kier alpha value is -2.74. The molecule has 0 bridgehead atoms. The summed E-state index contributed by atoms with van der Waals surface area (Å²) in [5, 5.41) is 2.68. The van der Waals surface area contributed by atoms with Gasteiger partial charge in [0.2, 0.25) is 0 Å². The fraction of sp³-hybridized carbons (Fsp3) is 0.278. The van der Waals surface area contributed by atoms with Gasteiger partial charge in [-0.1, -0.05) is 6.07 Å². The van der Waals surface area contributed by atoms with Gasteiger partial charge >= 0.3 is 6.36 Å². The van der Waals surface area contributed by atoms with Crippen LogP contribution in [0.2, 0.25) is 0 Å². The summed E-state index contributed by atoms with van der Waals surface area (Å²) in [6.45, 7) is 2.59. The second-order valence-electron chi connectivity index (χ2n) is 5.37. The Balaban J connectivity index is 2.09. The normalized spacial score (nSPS) is 11.1. The fourth-order valence-electron chi connectivity index (χ4n) is 2.09. The maximum Gasteiger partial charge on any atom is 0.573 e. The van der Waals surface area contributed by atoms with Crippen molar-refractivity contribution < 1.29 is 32.2 Å². The van der Waals surface area contributed by atoms with Gasteiger partial charge in [-0.25, -0.2) is 0 Å². The summed E-state index contributed by atoms with van der Waals surface area (Å²) in [5.41, 5.74) is 1.58. The number of carbonyl (C=O) groups is 1. The molecule has 0 heterocycles. The lowest BCUT2D eigenvalue weighted by molar-refractivity contribution is -0.274. The third-order valence-corrected chi connectivity index (χ3v) is 3.28. The van der Waals surface area contributed by atoms with E-state index in [1.807, 2.05) is 6.92 Å². The molecule has 8 heteroatoms. The highest BCUT2D eigenvalue weighted by molar-refractivity contribution is 6.05. The minimum atomic E-state index is -4.78. The fourth-order valence-corrected chi connectivity index (χ4v) is 2.09. The second-order valence-corrected chi connectivity index (χ2v) is 5.37. The van der Waals surface area contributed by atoms with Gasteiger partial charge in [0.1, 0.15) is 18.1 Å². The molecule has 2 aromatic rings. The zero-order chi connectivity index (χ0) is 19.2. The number of aryl methyl sites for hydroxylation is 1. The van der Waals surface area contributed by atoms with Crippen LogP contribution in [0.1, 0.15) is 15.9 Å². The lowest BCUT2D eigenvalue weighted by Crippen LogP contribution is -2.17. The van der Waals surface area contributed by atoms with Crippen molar-refractivity contribution in [2.45, 2.75) is 13.3 Å². The first-order chi connectivity index (χ1) is 12.3. The van der Waals surface area contributed by atoms with Gasteiger partial charge < -0.3 is 19.5 Å². The molecule has 0 fully saturated rings. The van der Waals surface area contributed by atoms with Gasteiger partial charge in [0.05, 0.1) is 12.3 Å². The van der Waals surface area contributed by atoms with Crippen molar-refractivity contribution >= 4 is 11.6 Å². The minimum Gasteiger partial charge on any atom is -0.489 e. The smallest absolute Gasteiger partial charge is 0.489 e. The average molecular weight is 369 g/mol. The van der Waals surface area contributed by atoms with Gasteiger partial charge in [0.25, 0.3) is 5.91 Å². The van der Waals surface area contributed by atoms with Gasteiger partial charge in [0.15, 0.2) is 0 Å². The van der Waals surface area contributed by atoms with E-state index in [1.165, 1.54) is 12.1 Å². The van der Waals surface area contributed by atoms with Gasteiger partial charge in [-0.2, -0.15) is 0 Å². The third-order valence-electron chi connectivity index (χ3n) is 3.28. The summed E-state index contributed by atoms with van der Waals surface area (Å²) in [6.07, 6.45) is -4.78. The molecule has 2 aromatic carbocycles. The van der Waals surface area contributed by atoms with E-state index in [0.717, 1.165) is 17.7 Å². The maximum absolute atomic E-state index is 12.3. The number of anilines is 1. The second kappa shape index (κ2) is 8.57. The molecule has 0 atom stereocenters. The number of benzene rings is 2. The molecule has 0 aliphatic heterocycles. The first-order valence-corrected chi connectivity index (χ1v) is 7.68. The van der Waals surface area contributed by atoms with Crippen molar-refractivity contribution in [2.75, 3.05) is 25.6 Å². The Morgan fingerprint density at radius 3 is 2.38 bits per heavy atom. The van der Waals surface area contributed by atoms with Crippen LogP contribution < -0.4 is 14.8 Å². The molecule has 0 radical (unpaired) electrons. The van der Waals surface area contributed by atoms with Crippen LogP contribution >= 0.6 is 0 Å². The molecule has 5 nitrogen and oxygen atoms in total. The van der Waals surface area contributed by atoms with Crippen LogP contribution in [-0.4, -0.2) is 32.6 Å². The standard InChI is InChI=1S/C18H18F3NO4/c1-12-3-8-15(16(11-12)25-10-9-24-2)22-17(23)13-4-6-14(7-5-13)26-18(19,20)21/h3-8,11H,9-10H2,1-2H3,(H,22,23). The van der Waals surface area contributed by atoms with Crippen LogP contribution in [0, 0.1) is 6.92 Å². The number of nitrogens with one attached hydrogen (secondary N) is 1. The van der Waals surface area contributed by atoms with E-state index in [-0.39, 0.29) is 5.56 Å². The van der Waals surface area contributed by atoms with Crippen molar-refractivity contribution in [3.63, 3.8) is 0 Å². The third kappa shape index (κ3) is 5.96. The summed E-state index contributed by atoms with van der Waals surface area (Å²) in [7, 11) is 1.55. The highest BCUT2D eigenvalue weighted by Gasteiger charge is 2.31. The van der Waals surface area contributed by atoms with E-state index in [1.54, 1.807) is 25.3 Å². The highest BCUT2D eigenvalue weighted by atomic mass is 19.4. The summed E-state index contributed by atoms with van der Waals surface area (Å²) in [4.78, 5) is 12.3. The molecule has 0 aromatic heterocycles. The number of carbonyl (C=O) groups excluding carboxylic acids is 1. The Kier molecular flexibility index (Phi) is 6.46. The molecule has 0 aliphatic rings. The molecule has 0 unspecified atom stereocenters. The number of ether oxygens (including phenoxy) is 3. The van der Waals surface area contributed by atoms with E-state index in [2.05, 4.69) is 10.1 Å². The van der Waals surface area contributed by atoms with Crippen molar-refractivity contribution in [3.05, 3.63) is 53.6 Å². The van der Waals surface area contributed by atoms with Crippen molar-refractivity contribution in [3.8, 4) is 11.5 Å². The first-order valence-electron chi connectivity index (χ1n) is 7.68. The van der Waals surface area contributed by atoms with E-state index >= 15 is 0 Å². The number of halogens is 3. The molecule has 140 valence electrons. The summed E-state index contributed by atoms with van der Waals surface area (Å²) < 4.78 is 50.8. The van der Waals surface area contributed by atoms with E-state index in [9.17, 15) is 18.0 Å². The Morgan fingerprint density at radius 1 is 1.08 bits per heavy atom. The van der Waals surface area contributed by atoms with E-state index in [0.29, 0.717) is 24.7 Å². The SMILES string of the molecule is COCCOc1cc(C)ccc1NC(=O)c1ccc(OC(F)(F)F)cc1. The van der Waals surface area contributed by atoms with Crippen molar-refractivity contribution in [1.29, 1.82) is 0 Å². The zero-order valence-corrected chi connectivity index (χ0v) is 14.2. The molecule has 1 amide bonds. The lowest BCUT2D eigenvalue weighted by atomic mass is 10.1. The number of hydrogen-bond donors (Lipinski definition) is 1. The first kappa shape index (κ1) is 19.6. The van der Waals surface area contributed by atoms with Crippen molar-refractivity contribution in [2.24, 2.45) is 0 Å². The van der Waals surface area contributed by atoms with Crippen LogP contribution in [0.25, 0.3) is 0 Å². The minimum absolute atomic E-state index is 0.183. The van der Waals surface area contributed by atoms with Crippen LogP contribution in [-0.2, 0) is 4.74 Å². The van der Waals surface area contributed by atoms with Gasteiger partial charge in [-0.15, -0.1) is 13.2 Å². The summed E-state index contributed by atoms with van der Waals surface area (Å²) >= 11 is 0. The number of amides is 1.